The molecule has 0 spiro atoms. The van der Waals surface area contributed by atoms with Crippen molar-refractivity contribution in [1.29, 1.82) is 0 Å². The molecule has 0 radical (unpaired) electrons. The second-order valence-corrected chi connectivity index (χ2v) is 18.2. The Balaban J connectivity index is 3.35. The minimum atomic E-state index is -0.661. The third kappa shape index (κ3) is 45.9. The van der Waals surface area contributed by atoms with Gasteiger partial charge in [0.1, 0.15) is 0 Å². The van der Waals surface area contributed by atoms with Gasteiger partial charge in [-0.2, -0.15) is 0 Å². The van der Waals surface area contributed by atoms with E-state index in [2.05, 4.69) is 31.3 Å². The molecule has 59 heavy (non-hydrogen) atoms. The topological polar surface area (TPSA) is 95.9 Å². The number of aliphatic hydroxyl groups is 2. The fourth-order valence-corrected chi connectivity index (χ4v) is 8.21. The Hall–Kier alpha value is -1.40. The highest BCUT2D eigenvalue weighted by Gasteiger charge is 2.20. The van der Waals surface area contributed by atoms with Crippen LogP contribution < -0.4 is 5.32 Å². The summed E-state index contributed by atoms with van der Waals surface area (Å²) in [6, 6.07) is -0.538. The van der Waals surface area contributed by atoms with Gasteiger partial charge in [-0.15, -0.1) is 0 Å². The number of hydrogen-bond acceptors (Lipinski definition) is 5. The smallest absolute Gasteiger partial charge is 0.305 e. The Morgan fingerprint density at radius 1 is 0.458 bits per heavy atom. The first-order valence-electron chi connectivity index (χ1n) is 26.4. The van der Waals surface area contributed by atoms with Crippen molar-refractivity contribution < 1.29 is 24.5 Å². The lowest BCUT2D eigenvalue weighted by Crippen LogP contribution is -2.45. The molecule has 0 saturated heterocycles. The Bertz CT molecular complexity index is 878. The number of unbranched alkanes of at least 4 members (excludes halogenated alkanes) is 36. The van der Waals surface area contributed by atoms with E-state index in [4.69, 9.17) is 4.74 Å². The highest BCUT2D eigenvalue weighted by Crippen LogP contribution is 2.17. The molecule has 2 unspecified atom stereocenters. The van der Waals surface area contributed by atoms with Crippen molar-refractivity contribution in [3.63, 3.8) is 0 Å². The van der Waals surface area contributed by atoms with Crippen LogP contribution in [0.4, 0.5) is 0 Å². The van der Waals surface area contributed by atoms with Gasteiger partial charge < -0.3 is 20.3 Å². The van der Waals surface area contributed by atoms with Crippen LogP contribution in [0.5, 0.6) is 0 Å². The molecule has 1 amide bonds. The molecular weight excluding hydrogens is 731 g/mol. The van der Waals surface area contributed by atoms with E-state index < -0.39 is 12.1 Å². The fourth-order valence-electron chi connectivity index (χ4n) is 8.21. The molecule has 0 bridgehead atoms. The molecule has 0 aromatic rings. The molecule has 0 heterocycles. The number of nitrogens with one attached hydrogen (secondary N) is 1. The quantitative estimate of drug-likeness (QED) is 0.0322. The van der Waals surface area contributed by atoms with Gasteiger partial charge in [-0.25, -0.2) is 0 Å². The van der Waals surface area contributed by atoms with Crippen molar-refractivity contribution in [2.24, 2.45) is 0 Å². The van der Waals surface area contributed by atoms with Gasteiger partial charge >= 0.3 is 5.97 Å². The van der Waals surface area contributed by atoms with E-state index >= 15 is 0 Å². The molecule has 0 aromatic carbocycles. The van der Waals surface area contributed by atoms with Crippen molar-refractivity contribution >= 4 is 11.9 Å². The SMILES string of the molecule is CCCC/C=C\CCCCCCCC(=O)OCCCCCCCCCCCCCCCCCCCCCCCCC(=O)NC(CO)C(O)CCCCCCCCCCC. The molecule has 0 rings (SSSR count). The number of ether oxygens (including phenoxy) is 1. The summed E-state index contributed by atoms with van der Waals surface area (Å²) in [5, 5.41) is 23.1. The lowest BCUT2D eigenvalue weighted by molar-refractivity contribution is -0.143. The second kappa shape index (κ2) is 49.3. The predicted molar refractivity (Wildman–Crippen MR) is 255 cm³/mol. The molecule has 6 heteroatoms. The van der Waals surface area contributed by atoms with Crippen LogP contribution in [0.3, 0.4) is 0 Å². The van der Waals surface area contributed by atoms with Gasteiger partial charge in [0.15, 0.2) is 0 Å². The molecule has 0 aliphatic heterocycles. The van der Waals surface area contributed by atoms with Crippen molar-refractivity contribution in [2.45, 2.75) is 302 Å². The van der Waals surface area contributed by atoms with Gasteiger partial charge in [0, 0.05) is 12.8 Å². The average molecular weight is 834 g/mol. The molecular formula is C53H103NO5. The third-order valence-electron chi connectivity index (χ3n) is 12.3. The van der Waals surface area contributed by atoms with E-state index in [9.17, 15) is 19.8 Å². The second-order valence-electron chi connectivity index (χ2n) is 18.2. The van der Waals surface area contributed by atoms with E-state index in [0.717, 1.165) is 44.9 Å². The van der Waals surface area contributed by atoms with Crippen molar-refractivity contribution in [2.75, 3.05) is 13.2 Å². The average Bonchev–Trinajstić information content (AvgIpc) is 3.24. The number of carbonyl (C=O) groups is 2. The van der Waals surface area contributed by atoms with Crippen LogP contribution in [0, 0.1) is 0 Å². The van der Waals surface area contributed by atoms with Crippen molar-refractivity contribution in [3.8, 4) is 0 Å². The van der Waals surface area contributed by atoms with Crippen LogP contribution in [0.15, 0.2) is 12.2 Å². The molecule has 6 nitrogen and oxygen atoms in total. The minimum Gasteiger partial charge on any atom is -0.466 e. The Morgan fingerprint density at radius 2 is 0.814 bits per heavy atom. The predicted octanol–water partition coefficient (Wildman–Crippen LogP) is 15.7. The largest absolute Gasteiger partial charge is 0.466 e. The molecule has 0 aliphatic carbocycles. The van der Waals surface area contributed by atoms with Crippen LogP contribution in [-0.4, -0.2) is 47.4 Å². The summed E-state index contributed by atoms with van der Waals surface area (Å²) in [6.45, 7) is 4.89. The Morgan fingerprint density at radius 3 is 1.25 bits per heavy atom. The monoisotopic (exact) mass is 834 g/mol. The zero-order valence-corrected chi connectivity index (χ0v) is 39.7. The van der Waals surface area contributed by atoms with Crippen LogP contribution >= 0.6 is 0 Å². The molecule has 2 atom stereocenters. The fraction of sp³-hybridized carbons (Fsp3) is 0.925. The molecule has 3 N–H and O–H groups in total. The van der Waals surface area contributed by atoms with Gasteiger partial charge in [0.2, 0.25) is 5.91 Å². The number of rotatable bonds is 49. The van der Waals surface area contributed by atoms with Gasteiger partial charge in [0.05, 0.1) is 25.4 Å². The molecule has 0 aliphatic rings. The van der Waals surface area contributed by atoms with Gasteiger partial charge in [-0.05, 0) is 44.9 Å². The molecule has 350 valence electrons. The number of allylic oxidation sites excluding steroid dienone is 2. The molecule has 0 saturated carbocycles. The summed E-state index contributed by atoms with van der Waals surface area (Å²) in [4.78, 5) is 24.4. The third-order valence-corrected chi connectivity index (χ3v) is 12.3. The number of amides is 1. The molecule has 0 aromatic heterocycles. The normalized spacial score (nSPS) is 12.7. The van der Waals surface area contributed by atoms with E-state index in [1.165, 1.54) is 212 Å². The highest BCUT2D eigenvalue weighted by atomic mass is 16.5. The maximum Gasteiger partial charge on any atom is 0.305 e. The number of esters is 1. The van der Waals surface area contributed by atoms with Crippen molar-refractivity contribution in [3.05, 3.63) is 12.2 Å². The van der Waals surface area contributed by atoms with Gasteiger partial charge in [0.25, 0.3) is 0 Å². The van der Waals surface area contributed by atoms with E-state index in [1.54, 1.807) is 0 Å². The first-order valence-corrected chi connectivity index (χ1v) is 26.4. The summed E-state index contributed by atoms with van der Waals surface area (Å²) in [5.74, 6) is -0.0352. The molecule has 0 fully saturated rings. The Labute approximate surface area is 368 Å². The lowest BCUT2D eigenvalue weighted by Gasteiger charge is -2.22. The zero-order valence-electron chi connectivity index (χ0n) is 39.7. The highest BCUT2D eigenvalue weighted by molar-refractivity contribution is 5.76. The van der Waals surface area contributed by atoms with E-state index in [1.807, 2.05) is 0 Å². The van der Waals surface area contributed by atoms with E-state index in [-0.39, 0.29) is 18.5 Å². The minimum absolute atomic E-state index is 0.00203. The number of hydrogen-bond donors (Lipinski definition) is 3. The summed E-state index contributed by atoms with van der Waals surface area (Å²) >= 11 is 0. The van der Waals surface area contributed by atoms with Crippen LogP contribution in [0.1, 0.15) is 290 Å². The summed E-state index contributed by atoms with van der Waals surface area (Å²) in [7, 11) is 0. The maximum absolute atomic E-state index is 12.4. The van der Waals surface area contributed by atoms with Gasteiger partial charge in [-0.1, -0.05) is 244 Å². The van der Waals surface area contributed by atoms with Crippen molar-refractivity contribution in [1.82, 2.24) is 5.32 Å². The van der Waals surface area contributed by atoms with Crippen LogP contribution in [-0.2, 0) is 14.3 Å². The number of carbonyl (C=O) groups excluding carboxylic acids is 2. The van der Waals surface area contributed by atoms with Crippen LogP contribution in [0.25, 0.3) is 0 Å². The zero-order chi connectivity index (χ0) is 43.0. The lowest BCUT2D eigenvalue weighted by atomic mass is 10.0. The van der Waals surface area contributed by atoms with Gasteiger partial charge in [-0.3, -0.25) is 9.59 Å². The van der Waals surface area contributed by atoms with E-state index in [0.29, 0.717) is 25.9 Å². The number of aliphatic hydroxyl groups excluding tert-OH is 2. The first kappa shape index (κ1) is 57.6. The standard InChI is InChI=1S/C53H103NO5/c1-3-5-7-9-11-13-26-31-35-39-43-47-53(58)59-48-44-40-36-32-28-25-23-21-19-17-15-14-16-18-20-22-24-27-30-34-38-42-46-52(57)54-50(49-55)51(56)45-41-37-33-29-12-10-8-6-4-2/h9,11,50-51,55-56H,3-8,10,12-49H2,1-2H3,(H,54,57)/b11-9-. The summed E-state index contributed by atoms with van der Waals surface area (Å²) < 4.78 is 5.45. The first-order chi connectivity index (χ1) is 29.0. The summed E-state index contributed by atoms with van der Waals surface area (Å²) in [6.07, 6.45) is 56.3. The van der Waals surface area contributed by atoms with Crippen LogP contribution in [0.2, 0.25) is 0 Å². The summed E-state index contributed by atoms with van der Waals surface area (Å²) in [5.41, 5.74) is 0. The maximum atomic E-state index is 12.4. The Kier molecular flexibility index (Phi) is 48.1.